The zero-order chi connectivity index (χ0) is 14.4. The Labute approximate surface area is 117 Å². The van der Waals surface area contributed by atoms with E-state index in [1.54, 1.807) is 6.07 Å². The van der Waals surface area contributed by atoms with Crippen LogP contribution >= 0.6 is 11.6 Å². The van der Waals surface area contributed by atoms with E-state index in [2.05, 4.69) is 5.32 Å². The van der Waals surface area contributed by atoms with Gasteiger partial charge in [0.2, 0.25) is 0 Å². The Hall–Kier alpha value is -1.46. The van der Waals surface area contributed by atoms with E-state index >= 15 is 0 Å². The second kappa shape index (κ2) is 7.21. The second-order valence-electron chi connectivity index (χ2n) is 3.95. The first-order chi connectivity index (χ1) is 9.07. The van der Waals surface area contributed by atoms with Crippen molar-refractivity contribution in [2.24, 2.45) is 0 Å². The average molecular weight is 288 g/mol. The number of ether oxygens (including phenoxy) is 2. The lowest BCUT2D eigenvalue weighted by Gasteiger charge is -2.15. The smallest absolute Gasteiger partial charge is 0.251 e. The van der Waals surface area contributed by atoms with Gasteiger partial charge in [0.25, 0.3) is 5.91 Å². The highest BCUT2D eigenvalue weighted by Crippen LogP contribution is 2.35. The number of aliphatic hydroxyl groups is 1. The van der Waals surface area contributed by atoms with E-state index in [-0.39, 0.29) is 18.6 Å². The van der Waals surface area contributed by atoms with Crippen molar-refractivity contribution in [3.63, 3.8) is 0 Å². The van der Waals surface area contributed by atoms with Crippen molar-refractivity contribution < 1.29 is 19.4 Å². The van der Waals surface area contributed by atoms with Crippen molar-refractivity contribution in [1.29, 1.82) is 0 Å². The molecule has 0 spiro atoms. The van der Waals surface area contributed by atoms with Crippen molar-refractivity contribution in [1.82, 2.24) is 5.32 Å². The van der Waals surface area contributed by atoms with Crippen molar-refractivity contribution in [2.75, 3.05) is 20.8 Å². The minimum atomic E-state index is -0.316. The van der Waals surface area contributed by atoms with Gasteiger partial charge < -0.3 is 19.9 Å². The maximum atomic E-state index is 12.0. The molecule has 1 atom stereocenters. The first-order valence-electron chi connectivity index (χ1n) is 5.90. The van der Waals surface area contributed by atoms with E-state index < -0.39 is 0 Å². The molecule has 6 heteroatoms. The average Bonchev–Trinajstić information content (AvgIpc) is 2.43. The van der Waals surface area contributed by atoms with Gasteiger partial charge in [-0.2, -0.15) is 0 Å². The SMILES string of the molecule is CCC(CO)NC(=O)c1cc(Cl)c(OC)c(OC)c1. The normalized spacial score (nSPS) is 11.8. The van der Waals surface area contributed by atoms with Crippen molar-refractivity contribution in [2.45, 2.75) is 19.4 Å². The molecule has 0 aliphatic carbocycles. The van der Waals surface area contributed by atoms with E-state index in [4.69, 9.17) is 26.2 Å². The lowest BCUT2D eigenvalue weighted by Crippen LogP contribution is -2.36. The first-order valence-corrected chi connectivity index (χ1v) is 6.28. The van der Waals surface area contributed by atoms with Crippen LogP contribution in [0.4, 0.5) is 0 Å². The van der Waals surface area contributed by atoms with Gasteiger partial charge in [-0.1, -0.05) is 18.5 Å². The summed E-state index contributed by atoms with van der Waals surface area (Å²) in [6.07, 6.45) is 0.642. The Bertz CT molecular complexity index is 447. The molecule has 0 aliphatic rings. The zero-order valence-corrected chi connectivity index (χ0v) is 12.0. The summed E-state index contributed by atoms with van der Waals surface area (Å²) >= 11 is 6.03. The van der Waals surface area contributed by atoms with E-state index in [0.29, 0.717) is 28.5 Å². The predicted molar refractivity (Wildman–Crippen MR) is 73.2 cm³/mol. The van der Waals surface area contributed by atoms with Crippen LogP contribution in [-0.4, -0.2) is 37.9 Å². The van der Waals surface area contributed by atoms with Gasteiger partial charge in [-0.15, -0.1) is 0 Å². The van der Waals surface area contributed by atoms with Gasteiger partial charge >= 0.3 is 0 Å². The number of rotatable bonds is 6. The van der Waals surface area contributed by atoms with Gasteiger partial charge in [-0.3, -0.25) is 4.79 Å². The van der Waals surface area contributed by atoms with Crippen molar-refractivity contribution in [3.05, 3.63) is 22.7 Å². The van der Waals surface area contributed by atoms with Gasteiger partial charge in [0.05, 0.1) is 31.9 Å². The third-order valence-electron chi connectivity index (χ3n) is 2.74. The molecule has 1 aromatic carbocycles. The standard InChI is InChI=1S/C13H18ClNO4/c1-4-9(7-16)15-13(17)8-5-10(14)12(19-3)11(6-8)18-2/h5-6,9,16H,4,7H2,1-3H3,(H,15,17). The molecule has 0 fully saturated rings. The fraction of sp³-hybridized carbons (Fsp3) is 0.462. The van der Waals surface area contributed by atoms with Crippen LogP contribution in [0.3, 0.4) is 0 Å². The molecule has 1 unspecified atom stereocenters. The van der Waals surface area contributed by atoms with Crippen LogP contribution in [-0.2, 0) is 0 Å². The molecule has 1 amide bonds. The topological polar surface area (TPSA) is 67.8 Å². The van der Waals surface area contributed by atoms with Gasteiger partial charge in [0.1, 0.15) is 0 Å². The number of hydrogen-bond donors (Lipinski definition) is 2. The highest BCUT2D eigenvalue weighted by molar-refractivity contribution is 6.32. The second-order valence-corrected chi connectivity index (χ2v) is 4.36. The third kappa shape index (κ3) is 3.75. The molecule has 0 aliphatic heterocycles. The number of carbonyl (C=O) groups excluding carboxylic acids is 1. The summed E-state index contributed by atoms with van der Waals surface area (Å²) in [6.45, 7) is 1.77. The summed E-state index contributed by atoms with van der Waals surface area (Å²) in [6, 6.07) is 2.77. The summed E-state index contributed by atoms with van der Waals surface area (Å²) in [5.41, 5.74) is 0.356. The van der Waals surface area contributed by atoms with Gasteiger partial charge in [-0.25, -0.2) is 0 Å². The Kier molecular flexibility index (Phi) is 5.92. The van der Waals surface area contributed by atoms with Gasteiger partial charge in [-0.05, 0) is 18.6 Å². The lowest BCUT2D eigenvalue weighted by molar-refractivity contribution is 0.0914. The summed E-state index contributed by atoms with van der Waals surface area (Å²) in [7, 11) is 2.95. The molecule has 0 radical (unpaired) electrons. The van der Waals surface area contributed by atoms with Crippen LogP contribution in [0.2, 0.25) is 5.02 Å². The molecule has 0 saturated carbocycles. The fourth-order valence-electron chi connectivity index (χ4n) is 1.59. The zero-order valence-electron chi connectivity index (χ0n) is 11.2. The Morgan fingerprint density at radius 1 is 1.42 bits per heavy atom. The minimum absolute atomic E-state index is 0.108. The number of amides is 1. The summed E-state index contributed by atoms with van der Waals surface area (Å²) in [4.78, 5) is 12.0. The number of methoxy groups -OCH3 is 2. The monoisotopic (exact) mass is 287 g/mol. The third-order valence-corrected chi connectivity index (χ3v) is 3.02. The Morgan fingerprint density at radius 2 is 2.11 bits per heavy atom. The molecule has 0 heterocycles. The number of benzene rings is 1. The quantitative estimate of drug-likeness (QED) is 0.838. The molecule has 1 rings (SSSR count). The largest absolute Gasteiger partial charge is 0.493 e. The summed E-state index contributed by atoms with van der Waals surface area (Å²) in [5, 5.41) is 12.1. The van der Waals surface area contributed by atoms with E-state index in [0.717, 1.165) is 0 Å². The summed E-state index contributed by atoms with van der Waals surface area (Å²) in [5.74, 6) is 0.455. The van der Waals surface area contributed by atoms with Gasteiger partial charge in [0, 0.05) is 5.56 Å². The van der Waals surface area contributed by atoms with Crippen LogP contribution in [0.5, 0.6) is 11.5 Å². The molecule has 5 nitrogen and oxygen atoms in total. The molecule has 0 aromatic heterocycles. The van der Waals surface area contributed by atoms with Gasteiger partial charge in [0.15, 0.2) is 11.5 Å². The molecular formula is C13H18ClNO4. The molecule has 2 N–H and O–H groups in total. The Morgan fingerprint density at radius 3 is 2.58 bits per heavy atom. The highest BCUT2D eigenvalue weighted by atomic mass is 35.5. The van der Waals surface area contributed by atoms with Crippen LogP contribution in [0.1, 0.15) is 23.7 Å². The van der Waals surface area contributed by atoms with Crippen LogP contribution in [0, 0.1) is 0 Å². The predicted octanol–water partition coefficient (Wildman–Crippen LogP) is 1.86. The number of aliphatic hydroxyl groups excluding tert-OH is 1. The van der Waals surface area contributed by atoms with E-state index in [1.807, 2.05) is 6.92 Å². The molecule has 19 heavy (non-hydrogen) atoms. The Balaban J connectivity index is 3.01. The van der Waals surface area contributed by atoms with E-state index in [1.165, 1.54) is 20.3 Å². The van der Waals surface area contributed by atoms with Crippen LogP contribution < -0.4 is 14.8 Å². The van der Waals surface area contributed by atoms with E-state index in [9.17, 15) is 4.79 Å². The number of carbonyl (C=O) groups is 1. The summed E-state index contributed by atoms with van der Waals surface area (Å²) < 4.78 is 10.2. The molecule has 0 bridgehead atoms. The molecule has 1 aromatic rings. The molecule has 106 valence electrons. The van der Waals surface area contributed by atoms with Crippen molar-refractivity contribution in [3.8, 4) is 11.5 Å². The highest BCUT2D eigenvalue weighted by Gasteiger charge is 2.17. The number of nitrogens with one attached hydrogen (secondary N) is 1. The lowest BCUT2D eigenvalue weighted by atomic mass is 10.1. The number of hydrogen-bond acceptors (Lipinski definition) is 4. The van der Waals surface area contributed by atoms with Crippen molar-refractivity contribution >= 4 is 17.5 Å². The minimum Gasteiger partial charge on any atom is -0.493 e. The van der Waals surface area contributed by atoms with Crippen LogP contribution in [0.15, 0.2) is 12.1 Å². The molecule has 0 saturated heterocycles. The molecular weight excluding hydrogens is 270 g/mol. The van der Waals surface area contributed by atoms with Crippen LogP contribution in [0.25, 0.3) is 0 Å². The fourth-order valence-corrected chi connectivity index (χ4v) is 1.88. The first kappa shape index (κ1) is 15.6. The maximum Gasteiger partial charge on any atom is 0.251 e. The maximum absolute atomic E-state index is 12.0. The number of halogens is 1.